The third-order valence-electron chi connectivity index (χ3n) is 7.77. The molecular weight excluding hydrogens is 596 g/mol. The van der Waals surface area contributed by atoms with Gasteiger partial charge in [-0.05, 0) is 58.8 Å². The van der Waals surface area contributed by atoms with Crippen molar-refractivity contribution in [1.29, 1.82) is 0 Å². The van der Waals surface area contributed by atoms with Crippen molar-refractivity contribution < 1.29 is 38.1 Å². The van der Waals surface area contributed by atoms with E-state index in [1.54, 1.807) is 78.9 Å². The van der Waals surface area contributed by atoms with Gasteiger partial charge in [-0.1, -0.05) is 103 Å². The Kier molecular flexibility index (Phi) is 7.51. The van der Waals surface area contributed by atoms with Crippen LogP contribution in [-0.2, 0) is 9.47 Å². The Morgan fingerprint density at radius 2 is 0.851 bits per heavy atom. The molecule has 7 aromatic rings. The Balaban J connectivity index is 1.18. The van der Waals surface area contributed by atoms with E-state index in [-0.39, 0.29) is 22.6 Å². The predicted octanol–water partition coefficient (Wildman–Crippen LogP) is 9.32. The Hall–Kier alpha value is -6.54. The van der Waals surface area contributed by atoms with E-state index < -0.39 is 24.2 Å². The number of rotatable bonds is 4. The van der Waals surface area contributed by atoms with Gasteiger partial charge in [0.1, 0.15) is 11.5 Å². The van der Waals surface area contributed by atoms with Gasteiger partial charge >= 0.3 is 24.2 Å². The molecule has 0 N–H and O–H groups in total. The maximum absolute atomic E-state index is 13.0. The second-order valence-electron chi connectivity index (χ2n) is 10.9. The summed E-state index contributed by atoms with van der Waals surface area (Å²) in [5.74, 6) is -1.54. The second-order valence-corrected chi connectivity index (χ2v) is 10.9. The van der Waals surface area contributed by atoms with E-state index in [2.05, 4.69) is 0 Å². The average Bonchev–Trinajstić information content (AvgIpc) is 3.09. The molecule has 7 aromatic carbocycles. The van der Waals surface area contributed by atoms with Crippen LogP contribution in [0.3, 0.4) is 0 Å². The molecule has 0 radical (unpaired) electrons. The van der Waals surface area contributed by atoms with Crippen LogP contribution in [-0.4, -0.2) is 24.2 Å². The lowest BCUT2D eigenvalue weighted by atomic mass is 9.99. The minimum atomic E-state index is -1.23. The molecule has 0 atom stereocenters. The largest absolute Gasteiger partial charge is 0.522 e. The Morgan fingerprint density at radius 1 is 0.426 bits per heavy atom. The van der Waals surface area contributed by atoms with Crippen molar-refractivity contribution >= 4 is 67.3 Å². The average molecular weight is 621 g/mol. The minimum absolute atomic E-state index is 0.0971. The highest BCUT2D eigenvalue weighted by molar-refractivity contribution is 6.13. The van der Waals surface area contributed by atoms with Gasteiger partial charge in [0, 0.05) is 21.5 Å². The van der Waals surface area contributed by atoms with Gasteiger partial charge in [-0.15, -0.1) is 0 Å². The highest BCUT2D eigenvalue weighted by Crippen LogP contribution is 2.43. The van der Waals surface area contributed by atoms with Gasteiger partial charge < -0.3 is 18.9 Å². The number of aryl methyl sites for hydroxylation is 1. The number of hydrogen-bond acceptors (Lipinski definition) is 8. The maximum Gasteiger partial charge on any atom is 0.522 e. The molecule has 0 amide bonds. The summed E-state index contributed by atoms with van der Waals surface area (Å²) in [6, 6.07) is 36.9. The molecule has 0 fully saturated rings. The predicted molar refractivity (Wildman–Crippen MR) is 177 cm³/mol. The quantitative estimate of drug-likeness (QED) is 0.0830. The van der Waals surface area contributed by atoms with Crippen LogP contribution in [0.5, 0.6) is 11.5 Å². The highest BCUT2D eigenvalue weighted by Gasteiger charge is 2.24. The smallest absolute Gasteiger partial charge is 0.393 e. The van der Waals surface area contributed by atoms with Crippen molar-refractivity contribution in [2.75, 3.05) is 0 Å². The van der Waals surface area contributed by atoms with E-state index in [0.29, 0.717) is 21.5 Å². The molecule has 0 unspecified atom stereocenters. The van der Waals surface area contributed by atoms with Gasteiger partial charge in [-0.25, -0.2) is 19.2 Å². The highest BCUT2D eigenvalue weighted by atomic mass is 16.7. The molecule has 0 aliphatic rings. The van der Waals surface area contributed by atoms with Crippen molar-refractivity contribution in [3.63, 3.8) is 0 Å². The number of benzene rings is 7. The molecule has 8 nitrogen and oxygen atoms in total. The molecule has 0 saturated carbocycles. The van der Waals surface area contributed by atoms with Crippen molar-refractivity contribution in [2.24, 2.45) is 0 Å². The number of ether oxygens (including phenoxy) is 4. The molecule has 7 rings (SSSR count). The van der Waals surface area contributed by atoms with Crippen LogP contribution >= 0.6 is 0 Å². The molecule has 0 heterocycles. The van der Waals surface area contributed by atoms with Crippen LogP contribution in [0.4, 0.5) is 9.59 Å². The van der Waals surface area contributed by atoms with E-state index in [0.717, 1.165) is 27.1 Å². The topological polar surface area (TPSA) is 105 Å². The summed E-state index contributed by atoms with van der Waals surface area (Å²) < 4.78 is 21.5. The molecule has 47 heavy (non-hydrogen) atoms. The Morgan fingerprint density at radius 3 is 1.36 bits per heavy atom. The second kappa shape index (κ2) is 12.1. The molecular formula is C39H24O8. The van der Waals surface area contributed by atoms with Gasteiger partial charge in [-0.2, -0.15) is 0 Å². The first-order chi connectivity index (χ1) is 22.8. The van der Waals surface area contributed by atoms with E-state index >= 15 is 0 Å². The summed E-state index contributed by atoms with van der Waals surface area (Å²) in [6.07, 6.45) is -2.46. The van der Waals surface area contributed by atoms with Gasteiger partial charge in [0.15, 0.2) is 0 Å². The van der Waals surface area contributed by atoms with E-state index in [1.165, 1.54) is 0 Å². The molecule has 228 valence electrons. The van der Waals surface area contributed by atoms with Crippen molar-refractivity contribution in [3.8, 4) is 11.5 Å². The molecule has 0 aliphatic carbocycles. The molecule has 0 bridgehead atoms. The number of hydrogen-bond donors (Lipinski definition) is 0. The molecule has 8 heteroatoms. The third-order valence-corrected chi connectivity index (χ3v) is 7.77. The van der Waals surface area contributed by atoms with Crippen molar-refractivity contribution in [2.45, 2.75) is 6.92 Å². The zero-order valence-electron chi connectivity index (χ0n) is 24.9. The molecule has 0 spiro atoms. The SMILES string of the molecule is Cc1ccc2c(OC(=O)OC(=O)c3ccc4ccccc4c3)c3ccccc3c(OC(=O)OC(=O)c3ccc4ccccc4c3)c2c1. The van der Waals surface area contributed by atoms with Crippen LogP contribution in [0.1, 0.15) is 26.3 Å². The summed E-state index contributed by atoms with van der Waals surface area (Å²) in [7, 11) is 0. The first-order valence-corrected chi connectivity index (χ1v) is 14.6. The summed E-state index contributed by atoms with van der Waals surface area (Å²) in [5.41, 5.74) is 1.19. The van der Waals surface area contributed by atoms with Gasteiger partial charge in [0.05, 0.1) is 11.1 Å². The standard InChI is InChI=1S/C39H24O8/c1-23-14-19-32-33(20-23)35(45-39(43)47-37(41)29-18-16-25-9-3-5-11-27(25)22-29)31-13-7-6-12-30(31)34(32)44-38(42)46-36(40)28-17-15-24-8-2-4-10-26(24)21-28/h2-22H,1H3. The van der Waals surface area contributed by atoms with Crippen molar-refractivity contribution in [3.05, 3.63) is 144 Å². The lowest BCUT2D eigenvalue weighted by molar-refractivity contribution is 0.0513. The van der Waals surface area contributed by atoms with Crippen LogP contribution < -0.4 is 9.47 Å². The fourth-order valence-corrected chi connectivity index (χ4v) is 5.54. The van der Waals surface area contributed by atoms with Crippen molar-refractivity contribution in [1.82, 2.24) is 0 Å². The van der Waals surface area contributed by atoms with Crippen LogP contribution in [0.15, 0.2) is 127 Å². The third kappa shape index (κ3) is 5.83. The van der Waals surface area contributed by atoms with Gasteiger partial charge in [0.2, 0.25) is 0 Å². The van der Waals surface area contributed by atoms with E-state index in [9.17, 15) is 19.2 Å². The molecule has 0 aromatic heterocycles. The first-order valence-electron chi connectivity index (χ1n) is 14.6. The number of carbonyl (C=O) groups excluding carboxylic acids is 4. The van der Waals surface area contributed by atoms with E-state index in [1.807, 2.05) is 55.5 Å². The summed E-state index contributed by atoms with van der Waals surface area (Å²) in [4.78, 5) is 51.8. The van der Waals surface area contributed by atoms with E-state index in [4.69, 9.17) is 18.9 Å². The fraction of sp³-hybridized carbons (Fsp3) is 0.0256. The Labute approximate surface area is 267 Å². The lowest BCUT2D eigenvalue weighted by Gasteiger charge is -2.16. The molecule has 0 aliphatic heterocycles. The summed E-state index contributed by atoms with van der Waals surface area (Å²) >= 11 is 0. The van der Waals surface area contributed by atoms with Crippen LogP contribution in [0.2, 0.25) is 0 Å². The zero-order valence-corrected chi connectivity index (χ0v) is 24.9. The lowest BCUT2D eigenvalue weighted by Crippen LogP contribution is -2.18. The number of carbonyl (C=O) groups is 4. The number of esters is 2. The monoisotopic (exact) mass is 620 g/mol. The first kappa shape index (κ1) is 29.2. The zero-order chi connectivity index (χ0) is 32.5. The van der Waals surface area contributed by atoms with Gasteiger partial charge in [-0.3, -0.25) is 0 Å². The van der Waals surface area contributed by atoms with Gasteiger partial charge in [0.25, 0.3) is 0 Å². The summed E-state index contributed by atoms with van der Waals surface area (Å²) in [6.45, 7) is 1.84. The maximum atomic E-state index is 13.0. The summed E-state index contributed by atoms with van der Waals surface area (Å²) in [5, 5.41) is 5.09. The fourth-order valence-electron chi connectivity index (χ4n) is 5.54. The van der Waals surface area contributed by atoms with Crippen LogP contribution in [0, 0.1) is 6.92 Å². The number of fused-ring (bicyclic) bond motifs is 4. The van der Waals surface area contributed by atoms with Crippen LogP contribution in [0.25, 0.3) is 43.1 Å². The minimum Gasteiger partial charge on any atom is -0.393 e. The molecule has 0 saturated heterocycles. The Bertz CT molecular complexity index is 2410. The normalized spacial score (nSPS) is 11.0.